The Kier molecular flexibility index (Phi) is 5.38. The van der Waals surface area contributed by atoms with E-state index in [2.05, 4.69) is 10.2 Å². The van der Waals surface area contributed by atoms with Crippen molar-refractivity contribution < 1.29 is 26.0 Å². The van der Waals surface area contributed by atoms with Crippen LogP contribution in [-0.2, 0) is 34.8 Å². The van der Waals surface area contributed by atoms with Gasteiger partial charge in [0.05, 0.1) is 21.0 Å². The van der Waals surface area contributed by atoms with Crippen LogP contribution in [-0.4, -0.2) is 44.6 Å². The molecule has 4 rings (SSSR count). The molecule has 1 saturated heterocycles. The van der Waals surface area contributed by atoms with Crippen molar-refractivity contribution in [3.63, 3.8) is 0 Å². The van der Waals surface area contributed by atoms with Gasteiger partial charge >= 0.3 is 0 Å². The Hall–Kier alpha value is -1.78. The molecule has 1 aliphatic heterocycles. The zero-order chi connectivity index (χ0) is 23.6. The number of hydrogen-bond donors (Lipinski definition) is 1. The van der Waals surface area contributed by atoms with Crippen molar-refractivity contribution in [1.82, 2.24) is 10.2 Å². The number of hydrogen-bond acceptors (Lipinski definition) is 6. The molecule has 10 heteroatoms. The summed E-state index contributed by atoms with van der Waals surface area (Å²) in [5.41, 5.74) is -0.337. The van der Waals surface area contributed by atoms with Crippen LogP contribution in [0.4, 0.5) is 4.39 Å². The fraction of sp³-hybridized carbons (Fsp3) is 0.591. The summed E-state index contributed by atoms with van der Waals surface area (Å²) < 4.78 is 69.8. The number of alkyl halides is 1. The maximum absolute atomic E-state index is 14.4. The molecular formula is C22H29FN2O5S2. The molecule has 176 valence electrons. The summed E-state index contributed by atoms with van der Waals surface area (Å²) in [7, 11) is -7.10. The van der Waals surface area contributed by atoms with Crippen molar-refractivity contribution in [3.05, 3.63) is 47.3 Å². The highest BCUT2D eigenvalue weighted by Crippen LogP contribution is 2.52. The summed E-state index contributed by atoms with van der Waals surface area (Å²) in [5.74, 6) is 0. The molecule has 2 aliphatic rings. The number of sulfone groups is 2. The van der Waals surface area contributed by atoms with Gasteiger partial charge in [-0.2, -0.15) is 5.10 Å². The van der Waals surface area contributed by atoms with E-state index >= 15 is 0 Å². The predicted octanol–water partition coefficient (Wildman–Crippen LogP) is 3.73. The molecule has 2 atom stereocenters. The van der Waals surface area contributed by atoms with E-state index in [9.17, 15) is 21.2 Å². The normalized spacial score (nSPS) is 26.1. The van der Waals surface area contributed by atoms with Gasteiger partial charge in [-0.1, -0.05) is 12.1 Å². The first kappa shape index (κ1) is 23.4. The van der Waals surface area contributed by atoms with E-state index in [-0.39, 0.29) is 17.9 Å². The smallest absolute Gasteiger partial charge is 0.184 e. The maximum atomic E-state index is 14.4. The van der Waals surface area contributed by atoms with Gasteiger partial charge in [0.1, 0.15) is 16.5 Å². The Balaban J connectivity index is 1.63. The largest absolute Gasteiger partial charge is 0.372 e. The lowest BCUT2D eigenvalue weighted by Crippen LogP contribution is -2.42. The Labute approximate surface area is 188 Å². The molecule has 2 unspecified atom stereocenters. The molecule has 32 heavy (non-hydrogen) atoms. The van der Waals surface area contributed by atoms with Crippen LogP contribution in [0.15, 0.2) is 35.2 Å². The first-order chi connectivity index (χ1) is 14.7. The molecule has 1 aliphatic carbocycles. The van der Waals surface area contributed by atoms with E-state index in [1.165, 1.54) is 32.2 Å². The second-order valence-electron chi connectivity index (χ2n) is 9.74. The van der Waals surface area contributed by atoms with Crippen molar-refractivity contribution in [2.45, 2.75) is 72.6 Å². The average molecular weight is 485 g/mol. The number of halogens is 1. The summed E-state index contributed by atoms with van der Waals surface area (Å²) >= 11 is 0. The number of ether oxygens (including phenoxy) is 1. The fourth-order valence-corrected chi connectivity index (χ4v) is 7.56. The van der Waals surface area contributed by atoms with Crippen LogP contribution in [0.25, 0.3) is 0 Å². The monoisotopic (exact) mass is 484 g/mol. The third-order valence-corrected chi connectivity index (χ3v) is 11.5. The van der Waals surface area contributed by atoms with Gasteiger partial charge < -0.3 is 4.74 Å². The number of aromatic amines is 1. The molecule has 7 nitrogen and oxygen atoms in total. The number of nitrogens with one attached hydrogen (secondary N) is 1. The van der Waals surface area contributed by atoms with Crippen LogP contribution in [0, 0.1) is 0 Å². The maximum Gasteiger partial charge on any atom is 0.184 e. The third kappa shape index (κ3) is 3.80. The molecule has 0 spiro atoms. The summed E-state index contributed by atoms with van der Waals surface area (Å²) in [6.45, 7) is 4.69. The first-order valence-electron chi connectivity index (χ1n) is 10.6. The fourth-order valence-electron chi connectivity index (χ4n) is 4.40. The van der Waals surface area contributed by atoms with Gasteiger partial charge in [0.15, 0.2) is 19.7 Å². The Bertz CT molecular complexity index is 1240. The van der Waals surface area contributed by atoms with Gasteiger partial charge in [0.2, 0.25) is 0 Å². The van der Waals surface area contributed by atoms with Crippen LogP contribution < -0.4 is 0 Å². The van der Waals surface area contributed by atoms with Gasteiger partial charge in [-0.05, 0) is 70.2 Å². The van der Waals surface area contributed by atoms with Gasteiger partial charge in [-0.25, -0.2) is 21.2 Å². The summed E-state index contributed by atoms with van der Waals surface area (Å²) in [4.78, 5) is 0.0863. The van der Waals surface area contributed by atoms with E-state index in [1.807, 2.05) is 0 Å². The molecule has 2 aromatic rings. The highest BCUT2D eigenvalue weighted by Gasteiger charge is 2.55. The van der Waals surface area contributed by atoms with Crippen LogP contribution in [0.3, 0.4) is 0 Å². The van der Waals surface area contributed by atoms with Crippen LogP contribution in [0.2, 0.25) is 0 Å². The number of H-pyrrole nitrogens is 1. The average Bonchev–Trinajstić information content (AvgIpc) is 3.38. The lowest BCUT2D eigenvalue weighted by Gasteiger charge is -2.37. The minimum absolute atomic E-state index is 0.0863. The number of benzene rings is 1. The molecule has 0 amide bonds. The lowest BCUT2D eigenvalue weighted by molar-refractivity contribution is -0.00221. The zero-order valence-electron chi connectivity index (χ0n) is 18.7. The molecule has 1 aromatic carbocycles. The van der Waals surface area contributed by atoms with Gasteiger partial charge in [-0.15, -0.1) is 0 Å². The topological polar surface area (TPSA) is 106 Å². The van der Waals surface area contributed by atoms with Crippen molar-refractivity contribution in [2.75, 3.05) is 12.9 Å². The van der Waals surface area contributed by atoms with Crippen molar-refractivity contribution in [2.24, 2.45) is 0 Å². The number of rotatable bonds is 6. The van der Waals surface area contributed by atoms with Crippen molar-refractivity contribution >= 4 is 19.7 Å². The molecule has 2 fully saturated rings. The summed E-state index contributed by atoms with van der Waals surface area (Å²) in [5, 5.41) is 7.09. The van der Waals surface area contributed by atoms with Crippen molar-refractivity contribution in [1.29, 1.82) is 0 Å². The first-order valence-corrected chi connectivity index (χ1v) is 14.0. The Morgan fingerprint density at radius 1 is 1.16 bits per heavy atom. The third-order valence-electron chi connectivity index (χ3n) is 6.87. The Morgan fingerprint density at radius 2 is 1.84 bits per heavy atom. The number of aromatic nitrogens is 2. The van der Waals surface area contributed by atoms with Gasteiger partial charge in [0, 0.05) is 12.9 Å². The molecule has 0 radical (unpaired) electrons. The van der Waals surface area contributed by atoms with Gasteiger partial charge in [-0.3, -0.25) is 5.10 Å². The van der Waals surface area contributed by atoms with Crippen LogP contribution >= 0.6 is 0 Å². The number of nitrogens with zero attached hydrogens (tertiary/aromatic N) is 1. The van der Waals surface area contributed by atoms with E-state index in [0.717, 1.165) is 0 Å². The molecular weight excluding hydrogens is 455 g/mol. The van der Waals surface area contributed by atoms with Gasteiger partial charge in [0.25, 0.3) is 0 Å². The highest BCUT2D eigenvalue weighted by molar-refractivity contribution is 7.93. The van der Waals surface area contributed by atoms with E-state index < -0.39 is 40.9 Å². The minimum Gasteiger partial charge on any atom is -0.372 e. The summed E-state index contributed by atoms with van der Waals surface area (Å²) in [6.07, 6.45) is 2.16. The second-order valence-corrected chi connectivity index (χ2v) is 14.5. The molecule has 0 bridgehead atoms. The highest BCUT2D eigenvalue weighted by atomic mass is 32.2. The zero-order valence-corrected chi connectivity index (χ0v) is 20.3. The predicted molar refractivity (Wildman–Crippen MR) is 118 cm³/mol. The summed E-state index contributed by atoms with van der Waals surface area (Å²) in [6, 6.07) is 7.73. The molecule has 1 saturated carbocycles. The van der Waals surface area contributed by atoms with E-state index in [1.54, 1.807) is 25.1 Å². The second kappa shape index (κ2) is 7.36. The quantitative estimate of drug-likeness (QED) is 0.670. The SMILES string of the molecule is CC(C)(F)c1cccc(S(=O)(=O)C2(C)CCOC(c3cc(C4(S(C)(=O)=O)CC4)n[nH]3)C2)c1. The molecule has 1 aromatic heterocycles. The van der Waals surface area contributed by atoms with E-state index in [4.69, 9.17) is 4.74 Å². The van der Waals surface area contributed by atoms with Crippen molar-refractivity contribution in [3.8, 4) is 0 Å². The Morgan fingerprint density at radius 3 is 2.44 bits per heavy atom. The lowest BCUT2D eigenvalue weighted by atomic mass is 9.94. The molecule has 1 N–H and O–H groups in total. The van der Waals surface area contributed by atoms with Crippen LogP contribution in [0.1, 0.15) is 69.5 Å². The van der Waals surface area contributed by atoms with E-state index in [0.29, 0.717) is 36.2 Å². The minimum atomic E-state index is -3.79. The molecule has 2 heterocycles. The standard InChI is InChI=1S/C22H29FN2O5S2/c1-20(2,23)15-6-5-7-16(12-15)32(28,29)21(3)10-11-30-18(14-21)17-13-19(25-24-17)22(8-9-22)31(4,26)27/h5-7,12-13,18H,8-11,14H2,1-4H3,(H,24,25). The van der Waals surface area contributed by atoms with Crippen LogP contribution in [0.5, 0.6) is 0 Å².